The molecular formula is C12H20FNO2. The minimum absolute atomic E-state index is 0.347. The first kappa shape index (κ1) is 11.8. The molecule has 1 aliphatic heterocycles. The fourth-order valence-corrected chi connectivity index (χ4v) is 3.36. The summed E-state index contributed by atoms with van der Waals surface area (Å²) in [6.07, 6.45) is 5.91. The first-order valence-corrected chi connectivity index (χ1v) is 6.28. The highest BCUT2D eigenvalue weighted by Crippen LogP contribution is 2.39. The van der Waals surface area contributed by atoms with Crippen LogP contribution in [-0.4, -0.2) is 41.3 Å². The van der Waals surface area contributed by atoms with Crippen molar-refractivity contribution in [1.82, 2.24) is 4.90 Å². The summed E-state index contributed by atoms with van der Waals surface area (Å²) in [5.74, 6) is -0.192. The van der Waals surface area contributed by atoms with E-state index >= 15 is 0 Å². The molecule has 3 unspecified atom stereocenters. The SMILES string of the molecule is O=C(O)C1CC2CCCCC2N1CCCF. The summed E-state index contributed by atoms with van der Waals surface area (Å²) in [6.45, 7) is 0.259. The minimum Gasteiger partial charge on any atom is -0.480 e. The molecule has 3 nitrogen and oxygen atoms in total. The number of aliphatic carboxylic acids is 1. The first-order valence-electron chi connectivity index (χ1n) is 6.28. The van der Waals surface area contributed by atoms with Crippen LogP contribution < -0.4 is 0 Å². The van der Waals surface area contributed by atoms with Gasteiger partial charge < -0.3 is 5.11 Å². The second-order valence-corrected chi connectivity index (χ2v) is 4.98. The van der Waals surface area contributed by atoms with Crippen molar-refractivity contribution in [3.63, 3.8) is 0 Å². The molecule has 1 N–H and O–H groups in total. The zero-order valence-corrected chi connectivity index (χ0v) is 9.57. The predicted octanol–water partition coefficient (Wildman–Crippen LogP) is 2.06. The van der Waals surface area contributed by atoms with E-state index in [2.05, 4.69) is 0 Å². The van der Waals surface area contributed by atoms with Crippen molar-refractivity contribution in [3.05, 3.63) is 0 Å². The molecule has 0 aromatic heterocycles. The Balaban J connectivity index is 2.05. The topological polar surface area (TPSA) is 40.5 Å². The lowest BCUT2D eigenvalue weighted by Gasteiger charge is -2.32. The number of hydrogen-bond donors (Lipinski definition) is 1. The third-order valence-electron chi connectivity index (χ3n) is 4.06. The zero-order chi connectivity index (χ0) is 11.5. The smallest absolute Gasteiger partial charge is 0.320 e. The van der Waals surface area contributed by atoms with Crippen molar-refractivity contribution in [2.75, 3.05) is 13.2 Å². The Kier molecular flexibility index (Phi) is 3.79. The standard InChI is InChI=1S/C12H20FNO2/c13-6-3-7-14-10-5-2-1-4-9(10)8-11(14)12(15)16/h9-11H,1-8H2,(H,15,16). The van der Waals surface area contributed by atoms with Crippen LogP contribution in [0.25, 0.3) is 0 Å². The van der Waals surface area contributed by atoms with Gasteiger partial charge in [-0.1, -0.05) is 12.8 Å². The molecule has 0 amide bonds. The molecule has 2 aliphatic rings. The normalized spacial score (nSPS) is 34.9. The number of carbonyl (C=O) groups is 1. The third kappa shape index (κ3) is 2.21. The van der Waals surface area contributed by atoms with Gasteiger partial charge in [-0.25, -0.2) is 0 Å². The summed E-state index contributed by atoms with van der Waals surface area (Å²) in [6, 6.07) is 0.0426. The van der Waals surface area contributed by atoms with Crippen molar-refractivity contribution in [1.29, 1.82) is 0 Å². The van der Waals surface area contributed by atoms with Crippen LogP contribution in [0.1, 0.15) is 38.5 Å². The number of halogens is 1. The molecular weight excluding hydrogens is 209 g/mol. The Labute approximate surface area is 95.6 Å². The molecule has 16 heavy (non-hydrogen) atoms. The lowest BCUT2D eigenvalue weighted by atomic mass is 9.85. The third-order valence-corrected chi connectivity index (χ3v) is 4.06. The molecule has 0 bridgehead atoms. The fourth-order valence-electron chi connectivity index (χ4n) is 3.36. The largest absolute Gasteiger partial charge is 0.480 e. The second-order valence-electron chi connectivity index (χ2n) is 4.98. The Morgan fingerprint density at radius 3 is 2.81 bits per heavy atom. The highest BCUT2D eigenvalue weighted by atomic mass is 19.1. The lowest BCUT2D eigenvalue weighted by Crippen LogP contribution is -2.42. The van der Waals surface area contributed by atoms with Crippen LogP contribution in [-0.2, 0) is 4.79 Å². The lowest BCUT2D eigenvalue weighted by molar-refractivity contribution is -0.142. The van der Waals surface area contributed by atoms with Gasteiger partial charge in [0.15, 0.2) is 0 Å². The molecule has 1 aliphatic carbocycles. The Hall–Kier alpha value is -0.640. The number of rotatable bonds is 4. The quantitative estimate of drug-likeness (QED) is 0.802. The van der Waals surface area contributed by atoms with Crippen molar-refractivity contribution in [2.45, 2.75) is 50.6 Å². The maximum absolute atomic E-state index is 12.2. The number of alkyl halides is 1. The Morgan fingerprint density at radius 2 is 2.12 bits per heavy atom. The molecule has 1 heterocycles. The number of nitrogens with zero attached hydrogens (tertiary/aromatic N) is 1. The summed E-state index contributed by atoms with van der Waals surface area (Å²) in [5, 5.41) is 9.19. The summed E-state index contributed by atoms with van der Waals surface area (Å²) < 4.78 is 12.2. The molecule has 0 aromatic carbocycles. The van der Waals surface area contributed by atoms with Crippen LogP contribution >= 0.6 is 0 Å². The molecule has 1 saturated carbocycles. The van der Waals surface area contributed by atoms with Gasteiger partial charge in [0.05, 0.1) is 6.67 Å². The average molecular weight is 229 g/mol. The van der Waals surface area contributed by atoms with E-state index in [1.807, 2.05) is 4.90 Å². The number of likely N-dealkylation sites (tertiary alicyclic amines) is 1. The van der Waals surface area contributed by atoms with E-state index in [0.717, 1.165) is 19.3 Å². The van der Waals surface area contributed by atoms with Gasteiger partial charge in [-0.2, -0.15) is 0 Å². The Bertz CT molecular complexity index is 259. The summed E-state index contributed by atoms with van der Waals surface area (Å²) >= 11 is 0. The van der Waals surface area contributed by atoms with E-state index in [0.29, 0.717) is 24.9 Å². The maximum atomic E-state index is 12.2. The molecule has 4 heteroatoms. The number of carboxylic acids is 1. The van der Waals surface area contributed by atoms with Gasteiger partial charge in [0, 0.05) is 12.6 Å². The highest BCUT2D eigenvalue weighted by Gasteiger charge is 2.44. The van der Waals surface area contributed by atoms with Gasteiger partial charge in [-0.3, -0.25) is 14.1 Å². The van der Waals surface area contributed by atoms with Gasteiger partial charge in [0.2, 0.25) is 0 Å². The van der Waals surface area contributed by atoms with Crippen LogP contribution in [0, 0.1) is 5.92 Å². The van der Waals surface area contributed by atoms with Crippen molar-refractivity contribution >= 4 is 5.97 Å². The molecule has 0 spiro atoms. The molecule has 0 radical (unpaired) electrons. The number of carboxylic acid groups (broad SMARTS) is 1. The first-order chi connectivity index (χ1) is 7.74. The minimum atomic E-state index is -0.728. The Morgan fingerprint density at radius 1 is 1.38 bits per heavy atom. The van der Waals surface area contributed by atoms with Crippen molar-refractivity contribution in [3.8, 4) is 0 Å². The molecule has 1 saturated heterocycles. The number of hydrogen-bond acceptors (Lipinski definition) is 2. The van der Waals surface area contributed by atoms with E-state index in [1.165, 1.54) is 12.8 Å². The van der Waals surface area contributed by atoms with Gasteiger partial charge in [-0.05, 0) is 31.6 Å². The van der Waals surface area contributed by atoms with Crippen LogP contribution in [0.5, 0.6) is 0 Å². The van der Waals surface area contributed by atoms with Gasteiger partial charge >= 0.3 is 5.97 Å². The van der Waals surface area contributed by atoms with Gasteiger partial charge in [0.1, 0.15) is 6.04 Å². The van der Waals surface area contributed by atoms with Gasteiger partial charge in [0.25, 0.3) is 0 Å². The van der Waals surface area contributed by atoms with E-state index in [1.54, 1.807) is 0 Å². The molecule has 2 rings (SSSR count). The van der Waals surface area contributed by atoms with Crippen molar-refractivity contribution in [2.24, 2.45) is 5.92 Å². The monoisotopic (exact) mass is 229 g/mol. The van der Waals surface area contributed by atoms with E-state index in [4.69, 9.17) is 0 Å². The van der Waals surface area contributed by atoms with Crippen LogP contribution in [0.4, 0.5) is 4.39 Å². The van der Waals surface area contributed by atoms with E-state index in [9.17, 15) is 14.3 Å². The summed E-state index contributed by atoms with van der Waals surface area (Å²) in [7, 11) is 0. The fraction of sp³-hybridized carbons (Fsp3) is 0.917. The molecule has 2 fully saturated rings. The molecule has 0 aromatic rings. The average Bonchev–Trinajstić information content (AvgIpc) is 2.65. The van der Waals surface area contributed by atoms with Crippen LogP contribution in [0.3, 0.4) is 0 Å². The number of fused-ring (bicyclic) bond motifs is 1. The van der Waals surface area contributed by atoms with Crippen LogP contribution in [0.15, 0.2) is 0 Å². The predicted molar refractivity (Wildman–Crippen MR) is 59.1 cm³/mol. The molecule has 3 atom stereocenters. The zero-order valence-electron chi connectivity index (χ0n) is 9.57. The highest BCUT2D eigenvalue weighted by molar-refractivity contribution is 5.74. The van der Waals surface area contributed by atoms with Crippen LogP contribution in [0.2, 0.25) is 0 Å². The van der Waals surface area contributed by atoms with E-state index in [-0.39, 0.29) is 12.7 Å². The summed E-state index contributed by atoms with van der Waals surface area (Å²) in [4.78, 5) is 13.2. The molecule has 92 valence electrons. The summed E-state index contributed by atoms with van der Waals surface area (Å²) in [5.41, 5.74) is 0. The van der Waals surface area contributed by atoms with Gasteiger partial charge in [-0.15, -0.1) is 0 Å². The van der Waals surface area contributed by atoms with E-state index < -0.39 is 5.97 Å². The van der Waals surface area contributed by atoms with Crippen molar-refractivity contribution < 1.29 is 14.3 Å². The maximum Gasteiger partial charge on any atom is 0.320 e. The second kappa shape index (κ2) is 5.13.